The molecule has 5 rings (SSSR count). The van der Waals surface area contributed by atoms with Crippen LogP contribution in [0.3, 0.4) is 0 Å². The predicted molar refractivity (Wildman–Crippen MR) is 120 cm³/mol. The first-order valence-corrected chi connectivity index (χ1v) is 11.3. The second-order valence-corrected chi connectivity index (χ2v) is 8.98. The second kappa shape index (κ2) is 6.97. The molecule has 0 fully saturated rings. The van der Waals surface area contributed by atoms with Crippen molar-refractivity contribution in [3.63, 3.8) is 0 Å². The number of hydrogen-bond acceptors (Lipinski definition) is 4. The van der Waals surface area contributed by atoms with E-state index in [9.17, 15) is 8.42 Å². The number of fused-ring (bicyclic) bond motifs is 4. The van der Waals surface area contributed by atoms with Crippen molar-refractivity contribution in [2.75, 3.05) is 4.72 Å². The van der Waals surface area contributed by atoms with Crippen LogP contribution in [-0.4, -0.2) is 23.0 Å². The van der Waals surface area contributed by atoms with E-state index in [1.165, 1.54) is 6.07 Å². The molecule has 0 unspecified atom stereocenters. The van der Waals surface area contributed by atoms with Gasteiger partial charge in [0.2, 0.25) is 0 Å². The lowest BCUT2D eigenvalue weighted by Gasteiger charge is -2.10. The summed E-state index contributed by atoms with van der Waals surface area (Å²) >= 11 is 6.10. The van der Waals surface area contributed by atoms with Crippen LogP contribution in [0.5, 0.6) is 0 Å². The molecule has 6 nitrogen and oxygen atoms in total. The number of para-hydroxylation sites is 2. The molecular formula is C22H17ClN4O2S. The van der Waals surface area contributed by atoms with Crippen LogP contribution in [0.2, 0.25) is 5.02 Å². The van der Waals surface area contributed by atoms with Crippen LogP contribution in [0.25, 0.3) is 33.1 Å². The van der Waals surface area contributed by atoms with Crippen LogP contribution in [0, 0.1) is 0 Å². The zero-order valence-corrected chi connectivity index (χ0v) is 17.6. The van der Waals surface area contributed by atoms with Crippen molar-refractivity contribution in [3.05, 3.63) is 71.8 Å². The van der Waals surface area contributed by atoms with Crippen molar-refractivity contribution in [2.45, 2.75) is 18.4 Å². The van der Waals surface area contributed by atoms with E-state index in [-0.39, 0.29) is 4.90 Å². The van der Waals surface area contributed by atoms with Crippen molar-refractivity contribution in [1.29, 1.82) is 0 Å². The summed E-state index contributed by atoms with van der Waals surface area (Å²) in [6, 6.07) is 19.4. The summed E-state index contributed by atoms with van der Waals surface area (Å²) in [7, 11) is -3.83. The van der Waals surface area contributed by atoms with Crippen molar-refractivity contribution < 1.29 is 8.42 Å². The highest BCUT2D eigenvalue weighted by Crippen LogP contribution is 2.29. The fourth-order valence-corrected chi connectivity index (χ4v) is 4.99. The number of hydrogen-bond donors (Lipinski definition) is 1. The summed E-state index contributed by atoms with van der Waals surface area (Å²) < 4.78 is 30.5. The Kier molecular flexibility index (Phi) is 4.38. The molecule has 1 N–H and O–H groups in total. The minimum atomic E-state index is -3.83. The summed E-state index contributed by atoms with van der Waals surface area (Å²) in [5, 5.41) is 1.32. The lowest BCUT2D eigenvalue weighted by molar-refractivity contribution is 0.601. The van der Waals surface area contributed by atoms with Crippen molar-refractivity contribution in [3.8, 4) is 0 Å². The van der Waals surface area contributed by atoms with E-state index in [0.717, 1.165) is 28.6 Å². The van der Waals surface area contributed by atoms with Gasteiger partial charge in [-0.25, -0.2) is 18.4 Å². The molecule has 0 saturated carbocycles. The van der Waals surface area contributed by atoms with E-state index in [2.05, 4.69) is 16.2 Å². The molecule has 0 atom stereocenters. The molecule has 0 aliphatic rings. The Morgan fingerprint density at radius 1 is 0.967 bits per heavy atom. The molecule has 150 valence electrons. The highest BCUT2D eigenvalue weighted by atomic mass is 35.5. The zero-order chi connectivity index (χ0) is 20.9. The summed E-state index contributed by atoms with van der Waals surface area (Å²) in [6.45, 7) is 2.83. The highest BCUT2D eigenvalue weighted by molar-refractivity contribution is 7.92. The lowest BCUT2D eigenvalue weighted by atomic mass is 10.2. The molecular weight excluding hydrogens is 420 g/mol. The van der Waals surface area contributed by atoms with E-state index < -0.39 is 10.0 Å². The smallest absolute Gasteiger partial charge is 0.262 e. The van der Waals surface area contributed by atoms with Crippen molar-refractivity contribution >= 4 is 60.4 Å². The number of aromatic nitrogens is 3. The maximum Gasteiger partial charge on any atom is 0.262 e. The number of sulfonamides is 1. The molecule has 0 saturated heterocycles. The fourth-order valence-electron chi connectivity index (χ4n) is 3.65. The first kappa shape index (κ1) is 18.8. The monoisotopic (exact) mass is 436 g/mol. The number of rotatable bonds is 4. The number of nitrogens with zero attached hydrogens (tertiary/aromatic N) is 3. The van der Waals surface area contributed by atoms with Gasteiger partial charge in [0.05, 0.1) is 32.2 Å². The van der Waals surface area contributed by atoms with Gasteiger partial charge in [0.25, 0.3) is 10.0 Å². The number of anilines is 1. The average Bonchev–Trinajstić information content (AvgIpc) is 3.06. The van der Waals surface area contributed by atoms with Gasteiger partial charge >= 0.3 is 0 Å². The van der Waals surface area contributed by atoms with Crippen LogP contribution in [-0.2, 0) is 16.6 Å². The van der Waals surface area contributed by atoms with E-state index in [0.29, 0.717) is 21.7 Å². The average molecular weight is 437 g/mol. The van der Waals surface area contributed by atoms with Gasteiger partial charge in [0, 0.05) is 11.9 Å². The molecule has 5 aromatic rings. The van der Waals surface area contributed by atoms with Crippen LogP contribution >= 0.6 is 11.6 Å². The van der Waals surface area contributed by atoms with E-state index in [1.807, 2.05) is 24.3 Å². The Bertz CT molecular complexity index is 1540. The Morgan fingerprint density at radius 2 is 1.73 bits per heavy atom. The van der Waals surface area contributed by atoms with Gasteiger partial charge in [-0.1, -0.05) is 41.9 Å². The third-order valence-corrected chi connectivity index (χ3v) is 6.76. The molecule has 0 bridgehead atoms. The minimum Gasteiger partial charge on any atom is -0.324 e. The maximum absolute atomic E-state index is 12.9. The zero-order valence-electron chi connectivity index (χ0n) is 16.0. The van der Waals surface area contributed by atoms with Crippen LogP contribution < -0.4 is 4.72 Å². The third kappa shape index (κ3) is 2.98. The van der Waals surface area contributed by atoms with E-state index >= 15 is 0 Å². The summed E-state index contributed by atoms with van der Waals surface area (Å²) in [5.74, 6) is 0. The molecule has 0 aliphatic carbocycles. The number of benzene rings is 3. The van der Waals surface area contributed by atoms with Gasteiger partial charge in [0.1, 0.15) is 5.52 Å². The Labute approximate surface area is 178 Å². The van der Waals surface area contributed by atoms with E-state index in [1.54, 1.807) is 36.4 Å². The number of halogens is 1. The molecule has 0 aliphatic heterocycles. The van der Waals surface area contributed by atoms with Crippen molar-refractivity contribution in [1.82, 2.24) is 14.5 Å². The SMILES string of the molecule is CCn1c2ccccc2c2nc3cc(S(=O)(=O)Nc4ccccc4Cl)ccc3nc21. The normalized spacial score (nSPS) is 12.1. The lowest BCUT2D eigenvalue weighted by Crippen LogP contribution is -2.13. The minimum absolute atomic E-state index is 0.0998. The largest absolute Gasteiger partial charge is 0.324 e. The molecule has 2 aromatic heterocycles. The molecule has 30 heavy (non-hydrogen) atoms. The van der Waals surface area contributed by atoms with Gasteiger partial charge in [0.15, 0.2) is 5.65 Å². The molecule has 0 radical (unpaired) electrons. The molecule has 2 heterocycles. The maximum atomic E-state index is 12.9. The first-order chi connectivity index (χ1) is 14.5. The van der Waals surface area contributed by atoms with Crippen LogP contribution in [0.1, 0.15) is 6.92 Å². The predicted octanol–water partition coefficient (Wildman–Crippen LogP) is 5.21. The van der Waals surface area contributed by atoms with E-state index in [4.69, 9.17) is 21.6 Å². The standard InChI is InChI=1S/C22H17ClN4O2S/c1-2-27-20-10-6-3-7-15(20)21-22(27)25-18-12-11-14(13-19(18)24-21)30(28,29)26-17-9-5-4-8-16(17)23/h3-13,26H,2H2,1H3. The second-order valence-electron chi connectivity index (χ2n) is 6.89. The quantitative estimate of drug-likeness (QED) is 0.419. The molecule has 3 aromatic carbocycles. The Hall–Kier alpha value is -3.16. The van der Waals surface area contributed by atoms with Gasteiger partial charge < -0.3 is 4.57 Å². The van der Waals surface area contributed by atoms with Gasteiger partial charge in [-0.3, -0.25) is 4.72 Å². The number of aryl methyl sites for hydroxylation is 1. The van der Waals surface area contributed by atoms with Crippen molar-refractivity contribution in [2.24, 2.45) is 0 Å². The topological polar surface area (TPSA) is 76.9 Å². The van der Waals surface area contributed by atoms with Gasteiger partial charge in [-0.2, -0.15) is 0 Å². The highest BCUT2D eigenvalue weighted by Gasteiger charge is 2.18. The van der Waals surface area contributed by atoms with Crippen LogP contribution in [0.4, 0.5) is 5.69 Å². The molecule has 8 heteroatoms. The summed E-state index contributed by atoms with van der Waals surface area (Å²) in [5.41, 5.74) is 4.08. The Morgan fingerprint density at radius 3 is 2.53 bits per heavy atom. The molecule has 0 spiro atoms. The molecule has 0 amide bonds. The summed E-state index contributed by atoms with van der Waals surface area (Å²) in [6.07, 6.45) is 0. The van der Waals surface area contributed by atoms with Gasteiger partial charge in [-0.05, 0) is 43.3 Å². The fraction of sp³-hybridized carbons (Fsp3) is 0.0909. The third-order valence-electron chi connectivity index (χ3n) is 5.07. The summed E-state index contributed by atoms with van der Waals surface area (Å²) in [4.78, 5) is 9.64. The van der Waals surface area contributed by atoms with Crippen LogP contribution in [0.15, 0.2) is 71.6 Å². The number of nitrogens with one attached hydrogen (secondary N) is 1. The Balaban J connectivity index is 1.68. The first-order valence-electron chi connectivity index (χ1n) is 9.44. The van der Waals surface area contributed by atoms with Gasteiger partial charge in [-0.15, -0.1) is 0 Å².